The molecule has 2 aliphatic heterocycles. The van der Waals surface area contributed by atoms with E-state index < -0.39 is 0 Å². The molecular formula is C17H35IN4O. The highest BCUT2D eigenvalue weighted by molar-refractivity contribution is 14.0. The van der Waals surface area contributed by atoms with Crippen molar-refractivity contribution in [2.24, 2.45) is 22.7 Å². The third-order valence-electron chi connectivity index (χ3n) is 4.79. The molecule has 0 aromatic rings. The summed E-state index contributed by atoms with van der Waals surface area (Å²) in [6, 6.07) is 0. The van der Waals surface area contributed by atoms with Gasteiger partial charge in [-0.3, -0.25) is 4.99 Å². The van der Waals surface area contributed by atoms with E-state index in [2.05, 4.69) is 41.0 Å². The zero-order valence-electron chi connectivity index (χ0n) is 15.3. The number of ether oxygens (including phenoxy) is 1. The number of rotatable bonds is 5. The van der Waals surface area contributed by atoms with Crippen LogP contribution in [0, 0.1) is 17.8 Å². The van der Waals surface area contributed by atoms with Crippen LogP contribution < -0.4 is 5.32 Å². The van der Waals surface area contributed by atoms with E-state index in [1.807, 2.05) is 7.05 Å². The Kier molecular flexibility index (Phi) is 9.77. The second-order valence-corrected chi connectivity index (χ2v) is 7.29. The van der Waals surface area contributed by atoms with E-state index in [0.29, 0.717) is 5.92 Å². The smallest absolute Gasteiger partial charge is 0.193 e. The molecule has 2 fully saturated rings. The number of aliphatic imine (C=N–C) groups is 1. The minimum absolute atomic E-state index is 0. The number of nitrogens with one attached hydrogen (secondary N) is 1. The molecule has 0 radical (unpaired) electrons. The van der Waals surface area contributed by atoms with E-state index >= 15 is 0 Å². The Morgan fingerprint density at radius 1 is 1.30 bits per heavy atom. The minimum Gasteiger partial charge on any atom is -0.381 e. The first-order valence-electron chi connectivity index (χ1n) is 8.80. The van der Waals surface area contributed by atoms with E-state index in [4.69, 9.17) is 4.74 Å². The SMILES string of the molecule is CN=C(NCCN1CC(C)CC(C)C1)N(C)CC1CCOC1.I. The molecule has 0 aliphatic carbocycles. The van der Waals surface area contributed by atoms with Gasteiger partial charge < -0.3 is 19.9 Å². The Balaban J connectivity index is 0.00000264. The number of hydrogen-bond acceptors (Lipinski definition) is 3. The molecule has 2 heterocycles. The van der Waals surface area contributed by atoms with E-state index in [9.17, 15) is 0 Å². The summed E-state index contributed by atoms with van der Waals surface area (Å²) < 4.78 is 5.46. The molecule has 0 spiro atoms. The quantitative estimate of drug-likeness (QED) is 0.406. The van der Waals surface area contributed by atoms with Crippen molar-refractivity contribution in [3.8, 4) is 0 Å². The van der Waals surface area contributed by atoms with Gasteiger partial charge in [-0.05, 0) is 24.7 Å². The summed E-state index contributed by atoms with van der Waals surface area (Å²) in [6.45, 7) is 12.1. The summed E-state index contributed by atoms with van der Waals surface area (Å²) >= 11 is 0. The van der Waals surface area contributed by atoms with Crippen LogP contribution in [0.2, 0.25) is 0 Å². The number of piperidine rings is 1. The Morgan fingerprint density at radius 2 is 2.00 bits per heavy atom. The van der Waals surface area contributed by atoms with Crippen molar-refractivity contribution >= 4 is 29.9 Å². The van der Waals surface area contributed by atoms with Gasteiger partial charge >= 0.3 is 0 Å². The molecule has 0 aromatic heterocycles. The minimum atomic E-state index is 0. The summed E-state index contributed by atoms with van der Waals surface area (Å²) in [5, 5.41) is 3.51. The monoisotopic (exact) mass is 438 g/mol. The van der Waals surface area contributed by atoms with Crippen LogP contribution in [0.15, 0.2) is 4.99 Å². The molecule has 3 atom stereocenters. The molecule has 2 aliphatic rings. The number of guanidine groups is 1. The second-order valence-electron chi connectivity index (χ2n) is 7.29. The van der Waals surface area contributed by atoms with Crippen molar-refractivity contribution in [1.82, 2.24) is 15.1 Å². The molecule has 1 N–H and O–H groups in total. The van der Waals surface area contributed by atoms with Crippen LogP contribution in [-0.4, -0.2) is 75.8 Å². The standard InChI is InChI=1S/C17H34N4O.HI/c1-14-9-15(2)11-21(10-14)7-6-19-17(18-3)20(4)12-16-5-8-22-13-16;/h14-16H,5-13H2,1-4H3,(H,18,19);1H. The van der Waals surface area contributed by atoms with Crippen LogP contribution in [0.25, 0.3) is 0 Å². The predicted octanol–water partition coefficient (Wildman–Crippen LogP) is 2.13. The first-order valence-corrected chi connectivity index (χ1v) is 8.80. The Hall–Kier alpha value is -0.0800. The van der Waals surface area contributed by atoms with Gasteiger partial charge in [0.05, 0.1) is 6.61 Å². The molecule has 136 valence electrons. The lowest BCUT2D eigenvalue weighted by molar-refractivity contribution is 0.143. The van der Waals surface area contributed by atoms with Gasteiger partial charge in [0.1, 0.15) is 0 Å². The van der Waals surface area contributed by atoms with E-state index in [1.54, 1.807) is 0 Å². The highest BCUT2D eigenvalue weighted by Gasteiger charge is 2.22. The summed E-state index contributed by atoms with van der Waals surface area (Å²) in [6.07, 6.45) is 2.54. The molecule has 2 rings (SSSR count). The third kappa shape index (κ3) is 7.13. The van der Waals surface area contributed by atoms with E-state index in [0.717, 1.165) is 50.6 Å². The summed E-state index contributed by atoms with van der Waals surface area (Å²) in [4.78, 5) is 9.24. The maximum absolute atomic E-state index is 5.46. The van der Waals surface area contributed by atoms with Crippen molar-refractivity contribution in [2.45, 2.75) is 26.7 Å². The van der Waals surface area contributed by atoms with Crippen molar-refractivity contribution in [1.29, 1.82) is 0 Å². The molecule has 2 saturated heterocycles. The van der Waals surface area contributed by atoms with Gasteiger partial charge in [-0.2, -0.15) is 0 Å². The first kappa shape index (κ1) is 21.0. The van der Waals surface area contributed by atoms with Gasteiger partial charge in [0, 0.05) is 59.3 Å². The predicted molar refractivity (Wildman–Crippen MR) is 108 cm³/mol. The second kappa shape index (κ2) is 10.7. The molecule has 0 aromatic carbocycles. The third-order valence-corrected chi connectivity index (χ3v) is 4.79. The largest absolute Gasteiger partial charge is 0.381 e. The molecule has 3 unspecified atom stereocenters. The number of halogens is 1. The van der Waals surface area contributed by atoms with Gasteiger partial charge in [-0.1, -0.05) is 13.8 Å². The zero-order chi connectivity index (χ0) is 15.9. The van der Waals surface area contributed by atoms with Crippen LogP contribution in [0.5, 0.6) is 0 Å². The Labute approximate surface area is 159 Å². The Bertz CT molecular complexity index is 351. The van der Waals surface area contributed by atoms with Crippen LogP contribution in [-0.2, 0) is 4.74 Å². The lowest BCUT2D eigenvalue weighted by Crippen LogP contribution is -2.46. The lowest BCUT2D eigenvalue weighted by Gasteiger charge is -2.35. The van der Waals surface area contributed by atoms with Gasteiger partial charge in [-0.25, -0.2) is 0 Å². The van der Waals surface area contributed by atoms with Crippen LogP contribution in [0.3, 0.4) is 0 Å². The first-order chi connectivity index (χ1) is 10.6. The summed E-state index contributed by atoms with van der Waals surface area (Å²) in [5.74, 6) is 3.30. The summed E-state index contributed by atoms with van der Waals surface area (Å²) in [7, 11) is 3.99. The zero-order valence-corrected chi connectivity index (χ0v) is 17.6. The molecule has 6 heteroatoms. The van der Waals surface area contributed by atoms with Gasteiger partial charge in [0.2, 0.25) is 0 Å². The van der Waals surface area contributed by atoms with E-state index in [-0.39, 0.29) is 24.0 Å². The van der Waals surface area contributed by atoms with Crippen LogP contribution >= 0.6 is 24.0 Å². The van der Waals surface area contributed by atoms with Crippen molar-refractivity contribution in [3.05, 3.63) is 0 Å². The fourth-order valence-electron chi connectivity index (χ4n) is 3.89. The number of nitrogens with zero attached hydrogens (tertiary/aromatic N) is 3. The van der Waals surface area contributed by atoms with Crippen molar-refractivity contribution < 1.29 is 4.74 Å². The average Bonchev–Trinajstić information content (AvgIpc) is 2.95. The van der Waals surface area contributed by atoms with Crippen LogP contribution in [0.1, 0.15) is 26.7 Å². The maximum Gasteiger partial charge on any atom is 0.193 e. The van der Waals surface area contributed by atoms with E-state index in [1.165, 1.54) is 25.9 Å². The maximum atomic E-state index is 5.46. The van der Waals surface area contributed by atoms with Gasteiger partial charge in [0.15, 0.2) is 5.96 Å². The van der Waals surface area contributed by atoms with Gasteiger partial charge in [0.25, 0.3) is 0 Å². The van der Waals surface area contributed by atoms with Crippen molar-refractivity contribution in [3.63, 3.8) is 0 Å². The van der Waals surface area contributed by atoms with Crippen molar-refractivity contribution in [2.75, 3.05) is 60.0 Å². The molecule has 0 saturated carbocycles. The Morgan fingerprint density at radius 3 is 2.57 bits per heavy atom. The van der Waals surface area contributed by atoms with Crippen LogP contribution in [0.4, 0.5) is 0 Å². The highest BCUT2D eigenvalue weighted by atomic mass is 127. The molecule has 0 bridgehead atoms. The highest BCUT2D eigenvalue weighted by Crippen LogP contribution is 2.20. The van der Waals surface area contributed by atoms with Gasteiger partial charge in [-0.15, -0.1) is 24.0 Å². The normalized spacial score (nSPS) is 29.2. The number of likely N-dealkylation sites (tertiary alicyclic amines) is 1. The lowest BCUT2D eigenvalue weighted by atomic mass is 9.92. The average molecular weight is 438 g/mol. The number of hydrogen-bond donors (Lipinski definition) is 1. The fourth-order valence-corrected chi connectivity index (χ4v) is 3.89. The molecule has 0 amide bonds. The molecule has 5 nitrogen and oxygen atoms in total. The topological polar surface area (TPSA) is 40.1 Å². The summed E-state index contributed by atoms with van der Waals surface area (Å²) in [5.41, 5.74) is 0. The molecule has 23 heavy (non-hydrogen) atoms. The molecular weight excluding hydrogens is 403 g/mol. The fraction of sp³-hybridized carbons (Fsp3) is 0.941.